The van der Waals surface area contributed by atoms with Crippen LogP contribution in [0.5, 0.6) is 0 Å². The number of thioether (sulfide) groups is 1. The number of rotatable bonds is 3. The Balaban J connectivity index is 2.22. The lowest BCUT2D eigenvalue weighted by Crippen LogP contribution is -2.10. The molecule has 0 saturated heterocycles. The summed E-state index contributed by atoms with van der Waals surface area (Å²) in [6, 6.07) is 3.17. The molecule has 5 nitrogen and oxygen atoms in total. The highest BCUT2D eigenvalue weighted by atomic mass is 35.5. The monoisotopic (exact) mass is 287 g/mol. The van der Waals surface area contributed by atoms with Gasteiger partial charge in [0.15, 0.2) is 6.10 Å². The molecule has 0 spiro atoms. The van der Waals surface area contributed by atoms with Gasteiger partial charge in [-0.15, -0.1) is 11.8 Å². The third-order valence-corrected chi connectivity index (χ3v) is 3.93. The predicted molar refractivity (Wildman–Crippen MR) is 67.8 cm³/mol. The zero-order chi connectivity index (χ0) is 13.3. The molecule has 1 unspecified atom stereocenters. The van der Waals surface area contributed by atoms with Gasteiger partial charge in [-0.3, -0.25) is 9.59 Å². The van der Waals surface area contributed by atoms with Gasteiger partial charge >= 0.3 is 5.97 Å². The van der Waals surface area contributed by atoms with Crippen LogP contribution in [0.3, 0.4) is 0 Å². The van der Waals surface area contributed by atoms with Crippen molar-refractivity contribution in [3.8, 4) is 0 Å². The summed E-state index contributed by atoms with van der Waals surface area (Å²) in [5.41, 5.74) is 0.969. The molecule has 0 fully saturated rings. The molecule has 1 aliphatic rings. The van der Waals surface area contributed by atoms with Crippen LogP contribution in [0.2, 0.25) is 5.02 Å². The zero-order valence-electron chi connectivity index (χ0n) is 9.40. The maximum Gasteiger partial charge on any atom is 0.315 e. The number of carbonyl (C=O) groups excluding carboxylic acids is 2. The Morgan fingerprint density at radius 2 is 2.33 bits per heavy atom. The van der Waals surface area contributed by atoms with Crippen molar-refractivity contribution < 1.29 is 19.4 Å². The fourth-order valence-corrected chi connectivity index (χ4v) is 2.68. The standard InChI is InChI=1S/C11H10ClNO4S/c1-17-9(14)4-18-8-3-7-5(2-6(8)12)10(15)11(16)13-7/h2-3,10,15H,4H2,1H3,(H,13,16). The number of ether oxygens (including phenoxy) is 1. The number of halogens is 1. The summed E-state index contributed by atoms with van der Waals surface area (Å²) in [6.45, 7) is 0. The first-order valence-electron chi connectivity index (χ1n) is 5.05. The summed E-state index contributed by atoms with van der Waals surface area (Å²) < 4.78 is 4.53. The summed E-state index contributed by atoms with van der Waals surface area (Å²) >= 11 is 7.23. The van der Waals surface area contributed by atoms with Crippen molar-refractivity contribution in [2.24, 2.45) is 0 Å². The Labute approximate surface area is 112 Å². The Hall–Kier alpha value is -1.24. The van der Waals surface area contributed by atoms with Crippen molar-refractivity contribution in [2.75, 3.05) is 18.2 Å². The number of carbonyl (C=O) groups is 2. The molecule has 0 saturated carbocycles. The average molecular weight is 288 g/mol. The molecule has 0 radical (unpaired) electrons. The second-order valence-electron chi connectivity index (χ2n) is 3.63. The SMILES string of the molecule is COC(=O)CSc1cc2c(cc1Cl)C(O)C(=O)N2. The van der Waals surface area contributed by atoms with Crippen molar-refractivity contribution in [3.05, 3.63) is 22.7 Å². The summed E-state index contributed by atoms with van der Waals surface area (Å²) in [4.78, 5) is 23.0. The number of benzene rings is 1. The number of aliphatic hydroxyl groups excluding tert-OH is 1. The second kappa shape index (κ2) is 5.17. The van der Waals surface area contributed by atoms with Crippen LogP contribution in [0.15, 0.2) is 17.0 Å². The molecule has 18 heavy (non-hydrogen) atoms. The van der Waals surface area contributed by atoms with Gasteiger partial charge in [0.2, 0.25) is 0 Å². The molecule has 0 bridgehead atoms. The number of nitrogens with one attached hydrogen (secondary N) is 1. The highest BCUT2D eigenvalue weighted by Gasteiger charge is 2.29. The van der Waals surface area contributed by atoms with Gasteiger partial charge in [-0.25, -0.2) is 0 Å². The van der Waals surface area contributed by atoms with Crippen LogP contribution in [-0.4, -0.2) is 29.8 Å². The lowest BCUT2D eigenvalue weighted by atomic mass is 10.1. The van der Waals surface area contributed by atoms with E-state index in [1.54, 1.807) is 6.07 Å². The van der Waals surface area contributed by atoms with E-state index in [4.69, 9.17) is 11.6 Å². The third kappa shape index (κ3) is 2.45. The van der Waals surface area contributed by atoms with Crippen molar-refractivity contribution in [1.82, 2.24) is 0 Å². The molecule has 96 valence electrons. The summed E-state index contributed by atoms with van der Waals surface area (Å²) in [5.74, 6) is -0.706. The van der Waals surface area contributed by atoms with E-state index in [0.717, 1.165) is 0 Å². The maximum atomic E-state index is 11.3. The van der Waals surface area contributed by atoms with Crippen LogP contribution < -0.4 is 5.32 Å². The third-order valence-electron chi connectivity index (χ3n) is 2.48. The van der Waals surface area contributed by atoms with Gasteiger partial charge in [0.25, 0.3) is 5.91 Å². The van der Waals surface area contributed by atoms with Crippen LogP contribution in [0.25, 0.3) is 0 Å². The molecule has 0 aliphatic carbocycles. The molecular formula is C11H10ClNO4S. The zero-order valence-corrected chi connectivity index (χ0v) is 11.0. The van der Waals surface area contributed by atoms with Gasteiger partial charge in [0, 0.05) is 16.1 Å². The van der Waals surface area contributed by atoms with E-state index in [0.29, 0.717) is 21.2 Å². The van der Waals surface area contributed by atoms with Crippen molar-refractivity contribution in [1.29, 1.82) is 0 Å². The largest absolute Gasteiger partial charge is 0.468 e. The number of esters is 1. The van der Waals surface area contributed by atoms with Crippen LogP contribution in [0.4, 0.5) is 5.69 Å². The number of hydrogen-bond donors (Lipinski definition) is 2. The van der Waals surface area contributed by atoms with E-state index in [9.17, 15) is 14.7 Å². The van der Waals surface area contributed by atoms with Gasteiger partial charge in [-0.05, 0) is 12.1 Å². The molecule has 1 aromatic carbocycles. The number of anilines is 1. The molecule has 1 heterocycles. The highest BCUT2D eigenvalue weighted by Crippen LogP contribution is 2.38. The van der Waals surface area contributed by atoms with E-state index in [2.05, 4.69) is 10.1 Å². The Morgan fingerprint density at radius 1 is 1.61 bits per heavy atom. The lowest BCUT2D eigenvalue weighted by Gasteiger charge is -2.07. The topological polar surface area (TPSA) is 75.6 Å². The normalized spacial score (nSPS) is 17.3. The minimum atomic E-state index is -1.18. The van der Waals surface area contributed by atoms with E-state index in [-0.39, 0.29) is 11.7 Å². The first-order valence-corrected chi connectivity index (χ1v) is 6.41. The first kappa shape index (κ1) is 13.2. The lowest BCUT2D eigenvalue weighted by molar-refractivity contribution is -0.137. The minimum absolute atomic E-state index is 0.130. The van der Waals surface area contributed by atoms with Crippen molar-refractivity contribution in [3.63, 3.8) is 0 Å². The number of hydrogen-bond acceptors (Lipinski definition) is 5. The average Bonchev–Trinajstić information content (AvgIpc) is 2.62. The fourth-order valence-electron chi connectivity index (χ4n) is 1.55. The van der Waals surface area contributed by atoms with Crippen LogP contribution in [0.1, 0.15) is 11.7 Å². The van der Waals surface area contributed by atoms with Gasteiger partial charge in [0.1, 0.15) is 0 Å². The summed E-state index contributed by atoms with van der Waals surface area (Å²) in [7, 11) is 1.31. The molecule has 1 amide bonds. The molecule has 7 heteroatoms. The number of methoxy groups -OCH3 is 1. The van der Waals surface area contributed by atoms with Gasteiger partial charge in [0.05, 0.1) is 17.9 Å². The van der Waals surface area contributed by atoms with Gasteiger partial charge in [-0.2, -0.15) is 0 Å². The van der Waals surface area contributed by atoms with E-state index in [1.807, 2.05) is 0 Å². The van der Waals surface area contributed by atoms with Crippen molar-refractivity contribution in [2.45, 2.75) is 11.0 Å². The van der Waals surface area contributed by atoms with Gasteiger partial charge < -0.3 is 15.2 Å². The summed E-state index contributed by atoms with van der Waals surface area (Å²) in [5, 5.41) is 12.5. The minimum Gasteiger partial charge on any atom is -0.468 e. The predicted octanol–water partition coefficient (Wildman–Crippen LogP) is 1.59. The molecule has 0 aromatic heterocycles. The fraction of sp³-hybridized carbons (Fsp3) is 0.273. The molecular weight excluding hydrogens is 278 g/mol. The molecule has 2 N–H and O–H groups in total. The number of amides is 1. The summed E-state index contributed by atoms with van der Waals surface area (Å²) in [6.07, 6.45) is -1.18. The van der Waals surface area contributed by atoms with Crippen LogP contribution >= 0.6 is 23.4 Å². The van der Waals surface area contributed by atoms with E-state index in [1.165, 1.54) is 24.9 Å². The highest BCUT2D eigenvalue weighted by molar-refractivity contribution is 8.00. The van der Waals surface area contributed by atoms with Crippen molar-refractivity contribution >= 4 is 40.9 Å². The molecule has 1 atom stereocenters. The van der Waals surface area contributed by atoms with Gasteiger partial charge in [-0.1, -0.05) is 11.6 Å². The van der Waals surface area contributed by atoms with Crippen LogP contribution in [-0.2, 0) is 14.3 Å². The Kier molecular flexibility index (Phi) is 3.79. The van der Waals surface area contributed by atoms with E-state index >= 15 is 0 Å². The first-order chi connectivity index (χ1) is 8.52. The molecule has 1 aliphatic heterocycles. The smallest absolute Gasteiger partial charge is 0.315 e. The Bertz CT molecular complexity index is 520. The van der Waals surface area contributed by atoms with Crippen LogP contribution in [0, 0.1) is 0 Å². The number of aliphatic hydroxyl groups is 1. The quantitative estimate of drug-likeness (QED) is 0.652. The number of fused-ring (bicyclic) bond motifs is 1. The maximum absolute atomic E-state index is 11.3. The Morgan fingerprint density at radius 3 is 3.00 bits per heavy atom. The molecule has 1 aromatic rings. The molecule has 2 rings (SSSR count). The van der Waals surface area contributed by atoms with E-state index < -0.39 is 12.0 Å². The second-order valence-corrected chi connectivity index (χ2v) is 5.05.